The van der Waals surface area contributed by atoms with E-state index in [0.717, 1.165) is 19.8 Å². The number of halogens is 1. The normalized spacial score (nSPS) is 17.8. The highest BCUT2D eigenvalue weighted by Crippen LogP contribution is 2.37. The van der Waals surface area contributed by atoms with Gasteiger partial charge in [0, 0.05) is 12.2 Å². The number of hydrogen-bond donors (Lipinski definition) is 3. The van der Waals surface area contributed by atoms with E-state index in [1.165, 1.54) is 6.07 Å². The van der Waals surface area contributed by atoms with Crippen molar-refractivity contribution in [2.45, 2.75) is 31.4 Å². The van der Waals surface area contributed by atoms with Crippen molar-refractivity contribution < 1.29 is 19.8 Å². The molecule has 1 atom stereocenters. The summed E-state index contributed by atoms with van der Waals surface area (Å²) < 4.78 is 1.78. The molecule has 1 aromatic heterocycles. The molecule has 1 aromatic rings. The van der Waals surface area contributed by atoms with Gasteiger partial charge in [-0.25, -0.2) is 4.79 Å². The van der Waals surface area contributed by atoms with Gasteiger partial charge in [0.15, 0.2) is 5.60 Å². The van der Waals surface area contributed by atoms with Crippen molar-refractivity contribution in [3.05, 3.63) is 23.0 Å². The van der Waals surface area contributed by atoms with Crippen LogP contribution in [0.5, 0.6) is 0 Å². The molecule has 1 saturated carbocycles. The van der Waals surface area contributed by atoms with E-state index in [1.807, 2.05) is 0 Å². The van der Waals surface area contributed by atoms with Crippen molar-refractivity contribution in [1.29, 1.82) is 0 Å². The minimum Gasteiger partial charge on any atom is -0.479 e. The molecule has 6 nitrogen and oxygen atoms in total. The van der Waals surface area contributed by atoms with Gasteiger partial charge in [0.1, 0.15) is 5.69 Å². The molecular weight excluding hydrogens is 272 g/mol. The summed E-state index contributed by atoms with van der Waals surface area (Å²) in [6.07, 6.45) is 3.68. The van der Waals surface area contributed by atoms with E-state index in [4.69, 9.17) is 16.7 Å². The predicted molar refractivity (Wildman–Crippen MR) is 68.3 cm³/mol. The molecule has 0 spiro atoms. The number of hydrogen-bond acceptors (Lipinski definition) is 3. The van der Waals surface area contributed by atoms with Crippen molar-refractivity contribution >= 4 is 23.5 Å². The highest BCUT2D eigenvalue weighted by atomic mass is 35.5. The van der Waals surface area contributed by atoms with Crippen LogP contribution >= 0.6 is 11.6 Å². The summed E-state index contributed by atoms with van der Waals surface area (Å²) in [5, 5.41) is 21.2. The highest BCUT2D eigenvalue weighted by Gasteiger charge is 2.32. The zero-order chi connectivity index (χ0) is 14.2. The van der Waals surface area contributed by atoms with E-state index in [2.05, 4.69) is 5.32 Å². The van der Waals surface area contributed by atoms with Gasteiger partial charge in [-0.3, -0.25) is 4.79 Å². The average molecular weight is 287 g/mol. The Labute approximate surface area is 115 Å². The van der Waals surface area contributed by atoms with E-state index < -0.39 is 17.5 Å². The predicted octanol–water partition coefficient (Wildman–Crippen LogP) is 1.04. The second-order valence-corrected chi connectivity index (χ2v) is 5.38. The number of carboxylic acid groups (broad SMARTS) is 1. The van der Waals surface area contributed by atoms with Crippen LogP contribution in [-0.2, 0) is 4.79 Å². The Balaban J connectivity index is 2.06. The van der Waals surface area contributed by atoms with E-state index in [1.54, 1.807) is 10.8 Å². The number of amides is 1. The van der Waals surface area contributed by atoms with E-state index in [0.29, 0.717) is 10.7 Å². The zero-order valence-electron chi connectivity index (χ0n) is 10.4. The maximum atomic E-state index is 12.0. The molecule has 1 aliphatic rings. The quantitative estimate of drug-likeness (QED) is 0.754. The first-order valence-corrected chi connectivity index (χ1v) is 6.30. The minimum absolute atomic E-state index is 0.285. The fourth-order valence-corrected chi connectivity index (χ4v) is 1.91. The van der Waals surface area contributed by atoms with Crippen LogP contribution in [0.2, 0.25) is 5.02 Å². The monoisotopic (exact) mass is 286 g/mol. The molecule has 0 radical (unpaired) electrons. The lowest BCUT2D eigenvalue weighted by atomic mass is 10.1. The van der Waals surface area contributed by atoms with Crippen molar-refractivity contribution in [3.63, 3.8) is 0 Å². The lowest BCUT2D eigenvalue weighted by molar-refractivity contribution is -0.155. The first kappa shape index (κ1) is 13.9. The Kier molecular flexibility index (Phi) is 3.56. The van der Waals surface area contributed by atoms with Gasteiger partial charge in [0.05, 0.1) is 11.6 Å². The van der Waals surface area contributed by atoms with Gasteiger partial charge in [0.2, 0.25) is 0 Å². The van der Waals surface area contributed by atoms with Gasteiger partial charge in [-0.15, -0.1) is 0 Å². The van der Waals surface area contributed by atoms with Crippen LogP contribution in [0.25, 0.3) is 0 Å². The van der Waals surface area contributed by atoms with Gasteiger partial charge >= 0.3 is 5.97 Å². The molecule has 0 aromatic carbocycles. The molecule has 0 saturated heterocycles. The summed E-state index contributed by atoms with van der Waals surface area (Å²) >= 11 is 5.88. The Morgan fingerprint density at radius 1 is 1.58 bits per heavy atom. The van der Waals surface area contributed by atoms with Crippen LogP contribution in [0.1, 0.15) is 36.3 Å². The Morgan fingerprint density at radius 2 is 2.21 bits per heavy atom. The molecule has 3 N–H and O–H groups in total. The second-order valence-electron chi connectivity index (χ2n) is 4.94. The van der Waals surface area contributed by atoms with E-state index >= 15 is 0 Å². The van der Waals surface area contributed by atoms with Crippen molar-refractivity contribution in [1.82, 2.24) is 9.88 Å². The molecule has 104 valence electrons. The van der Waals surface area contributed by atoms with E-state index in [9.17, 15) is 14.7 Å². The maximum absolute atomic E-state index is 12.0. The second kappa shape index (κ2) is 4.86. The van der Waals surface area contributed by atoms with Gasteiger partial charge in [-0.1, -0.05) is 11.6 Å². The number of carbonyl (C=O) groups is 2. The number of carboxylic acids is 1. The Hall–Kier alpha value is -1.53. The maximum Gasteiger partial charge on any atom is 0.337 e. The Bertz CT molecular complexity index is 520. The van der Waals surface area contributed by atoms with Crippen LogP contribution < -0.4 is 5.32 Å². The molecule has 1 fully saturated rings. The SMILES string of the molecule is CC(O)(CNC(=O)c1cc(Cl)cn1C1CC1)C(=O)O. The first-order valence-electron chi connectivity index (χ1n) is 5.92. The van der Waals surface area contributed by atoms with Crippen LogP contribution in [0.4, 0.5) is 0 Å². The number of nitrogens with zero attached hydrogens (tertiary/aromatic N) is 1. The van der Waals surface area contributed by atoms with Crippen LogP contribution in [-0.4, -0.2) is 38.8 Å². The number of carbonyl (C=O) groups excluding carboxylic acids is 1. The fraction of sp³-hybridized carbons (Fsp3) is 0.500. The minimum atomic E-state index is -1.99. The molecule has 19 heavy (non-hydrogen) atoms. The molecule has 0 bridgehead atoms. The molecule has 1 unspecified atom stereocenters. The summed E-state index contributed by atoms with van der Waals surface area (Å²) in [6, 6.07) is 1.82. The summed E-state index contributed by atoms with van der Waals surface area (Å²) in [4.78, 5) is 22.7. The number of aromatic nitrogens is 1. The molecule has 1 aliphatic carbocycles. The number of rotatable bonds is 5. The van der Waals surface area contributed by atoms with Gasteiger partial charge in [-0.05, 0) is 25.8 Å². The summed E-state index contributed by atoms with van der Waals surface area (Å²) in [5.74, 6) is -1.83. The smallest absolute Gasteiger partial charge is 0.337 e. The fourth-order valence-electron chi connectivity index (χ4n) is 1.70. The largest absolute Gasteiger partial charge is 0.479 e. The number of aliphatic carboxylic acids is 1. The van der Waals surface area contributed by atoms with Gasteiger partial charge < -0.3 is 20.1 Å². The number of nitrogens with one attached hydrogen (secondary N) is 1. The first-order chi connectivity index (χ1) is 8.81. The summed E-state index contributed by atoms with van der Waals surface area (Å²) in [6.45, 7) is 0.761. The summed E-state index contributed by atoms with van der Waals surface area (Å²) in [5.41, 5.74) is -1.61. The van der Waals surface area contributed by atoms with Gasteiger partial charge in [0.25, 0.3) is 5.91 Å². The molecular formula is C12H15ClN2O4. The molecule has 2 rings (SSSR count). The lowest BCUT2D eigenvalue weighted by Crippen LogP contribution is -2.46. The van der Waals surface area contributed by atoms with Crippen molar-refractivity contribution in [2.24, 2.45) is 0 Å². The average Bonchev–Trinajstić information content (AvgIpc) is 3.09. The molecule has 7 heteroatoms. The van der Waals surface area contributed by atoms with Crippen molar-refractivity contribution in [2.75, 3.05) is 6.54 Å². The highest BCUT2D eigenvalue weighted by molar-refractivity contribution is 6.31. The topological polar surface area (TPSA) is 91.6 Å². The number of aliphatic hydroxyl groups is 1. The molecule has 0 aliphatic heterocycles. The lowest BCUT2D eigenvalue weighted by Gasteiger charge is -2.18. The standard InChI is InChI=1S/C12H15ClN2O4/c1-12(19,11(17)18)6-14-10(16)9-4-7(13)5-15(9)8-2-3-8/h4-5,8,19H,2-3,6H2,1H3,(H,14,16)(H,17,18). The Morgan fingerprint density at radius 3 is 2.74 bits per heavy atom. The molecule has 1 heterocycles. The van der Waals surface area contributed by atoms with Crippen LogP contribution in [0.3, 0.4) is 0 Å². The third-order valence-electron chi connectivity index (χ3n) is 3.04. The van der Waals surface area contributed by atoms with Crippen LogP contribution in [0, 0.1) is 0 Å². The van der Waals surface area contributed by atoms with E-state index in [-0.39, 0.29) is 12.6 Å². The third-order valence-corrected chi connectivity index (χ3v) is 3.25. The third kappa shape index (κ3) is 3.08. The van der Waals surface area contributed by atoms with Crippen LogP contribution in [0.15, 0.2) is 12.3 Å². The van der Waals surface area contributed by atoms with Gasteiger partial charge in [-0.2, -0.15) is 0 Å². The zero-order valence-corrected chi connectivity index (χ0v) is 11.1. The summed E-state index contributed by atoms with van der Waals surface area (Å²) in [7, 11) is 0. The van der Waals surface area contributed by atoms with Crippen molar-refractivity contribution in [3.8, 4) is 0 Å². The molecule has 1 amide bonds.